The number of aromatic nitrogens is 2. The van der Waals surface area contributed by atoms with Crippen LogP contribution in [-0.4, -0.2) is 54.1 Å². The number of fused-ring (bicyclic) bond motifs is 2. The lowest BCUT2D eigenvalue weighted by Crippen LogP contribution is -2.48. The first kappa shape index (κ1) is 22.3. The molecule has 3 aliphatic rings. The van der Waals surface area contributed by atoms with Crippen LogP contribution >= 0.6 is 0 Å². The van der Waals surface area contributed by atoms with E-state index < -0.39 is 0 Å². The number of carbonyl (C=O) groups excluding carboxylic acids is 1. The van der Waals surface area contributed by atoms with Gasteiger partial charge in [0.05, 0.1) is 19.1 Å². The molecule has 7 heteroatoms. The number of esters is 1. The number of H-pyrrole nitrogens is 1. The summed E-state index contributed by atoms with van der Waals surface area (Å²) in [5.74, 6) is -0.259. The van der Waals surface area contributed by atoms with Crippen molar-refractivity contribution in [2.75, 3.05) is 32.1 Å². The normalized spacial score (nSPS) is 23.9. The summed E-state index contributed by atoms with van der Waals surface area (Å²) in [6.45, 7) is 4.05. The number of benzene rings is 1. The van der Waals surface area contributed by atoms with E-state index in [1.54, 1.807) is 12.1 Å². The van der Waals surface area contributed by atoms with Crippen LogP contribution in [0.4, 0.5) is 10.1 Å². The number of nitrogens with one attached hydrogen (secondary N) is 1. The van der Waals surface area contributed by atoms with E-state index in [9.17, 15) is 9.18 Å². The monoisotopic (exact) mass is 474 g/mol. The minimum atomic E-state index is -0.227. The van der Waals surface area contributed by atoms with E-state index in [2.05, 4.69) is 39.8 Å². The van der Waals surface area contributed by atoms with Gasteiger partial charge in [-0.2, -0.15) is 0 Å². The first-order valence-corrected chi connectivity index (χ1v) is 12.5. The van der Waals surface area contributed by atoms with Crippen LogP contribution in [0.2, 0.25) is 0 Å². The molecule has 2 aliphatic heterocycles. The van der Waals surface area contributed by atoms with Crippen LogP contribution in [0.15, 0.2) is 36.5 Å². The Kier molecular flexibility index (Phi) is 5.40. The van der Waals surface area contributed by atoms with E-state index >= 15 is 0 Å². The minimum Gasteiger partial charge on any atom is -0.469 e. The third-order valence-corrected chi connectivity index (χ3v) is 8.28. The molecule has 1 atom stereocenters. The SMILES string of the molecule is CC[C@H]1c2c(C3=CCN([C@H]4C[C@@H](C(=O)OC)C4)CC3)[nH]c3nccc(c23)-c2cc(F)ccc2N1C. The Labute approximate surface area is 204 Å². The van der Waals surface area contributed by atoms with Gasteiger partial charge in [0.15, 0.2) is 0 Å². The fourth-order valence-electron chi connectivity index (χ4n) is 6.31. The van der Waals surface area contributed by atoms with Gasteiger partial charge >= 0.3 is 5.97 Å². The summed E-state index contributed by atoms with van der Waals surface area (Å²) in [4.78, 5) is 24.9. The first-order valence-electron chi connectivity index (χ1n) is 12.5. The smallest absolute Gasteiger partial charge is 0.308 e. The average molecular weight is 475 g/mol. The van der Waals surface area contributed by atoms with Gasteiger partial charge < -0.3 is 14.6 Å². The molecular weight excluding hydrogens is 443 g/mol. The lowest BCUT2D eigenvalue weighted by atomic mass is 9.78. The highest BCUT2D eigenvalue weighted by Gasteiger charge is 2.39. The van der Waals surface area contributed by atoms with Gasteiger partial charge in [-0.25, -0.2) is 9.37 Å². The van der Waals surface area contributed by atoms with Crippen LogP contribution in [0.1, 0.15) is 49.9 Å². The van der Waals surface area contributed by atoms with Gasteiger partial charge in [0.1, 0.15) is 11.5 Å². The molecule has 0 amide bonds. The highest BCUT2D eigenvalue weighted by Crippen LogP contribution is 2.48. The molecule has 0 unspecified atom stereocenters. The number of carbonyl (C=O) groups is 1. The third kappa shape index (κ3) is 3.47. The molecule has 0 saturated heterocycles. The molecule has 1 aromatic carbocycles. The molecule has 0 radical (unpaired) electrons. The molecular formula is C28H31FN4O2. The first-order chi connectivity index (χ1) is 17.0. The molecule has 3 aromatic rings. The predicted molar refractivity (Wildman–Crippen MR) is 136 cm³/mol. The van der Waals surface area contributed by atoms with Gasteiger partial charge in [-0.15, -0.1) is 0 Å². The summed E-state index contributed by atoms with van der Waals surface area (Å²) in [6.07, 6.45) is 7.79. The lowest BCUT2D eigenvalue weighted by Gasteiger charge is -2.42. The Balaban J connectivity index is 1.38. The quantitative estimate of drug-likeness (QED) is 0.519. The number of hydrogen-bond acceptors (Lipinski definition) is 5. The molecule has 1 saturated carbocycles. The molecule has 182 valence electrons. The predicted octanol–water partition coefficient (Wildman–Crippen LogP) is 5.31. The number of nitrogens with zero attached hydrogens (tertiary/aromatic N) is 3. The maximum absolute atomic E-state index is 14.3. The standard InChI is InChI=1S/C28H31FN4O2/c1-4-22-25-24-20(21-15-18(29)5-6-23(21)32(22)2)7-10-30-27(24)31-26(25)16-8-11-33(12-9-16)19-13-17(14-19)28(34)35-3/h5-8,10,15,17,19,22H,4,9,11-14H2,1-3H3,(H,30,31)/t17-,19+,22-/m0/s1. The van der Waals surface area contributed by atoms with Crippen molar-refractivity contribution < 1.29 is 13.9 Å². The van der Waals surface area contributed by atoms with Crippen LogP contribution < -0.4 is 4.90 Å². The Bertz CT molecular complexity index is 1340. The molecule has 1 aliphatic carbocycles. The van der Waals surface area contributed by atoms with Gasteiger partial charge in [-0.05, 0) is 61.1 Å². The van der Waals surface area contributed by atoms with Crippen molar-refractivity contribution in [3.8, 4) is 11.1 Å². The van der Waals surface area contributed by atoms with E-state index in [1.165, 1.54) is 18.2 Å². The molecule has 35 heavy (non-hydrogen) atoms. The molecule has 0 spiro atoms. The van der Waals surface area contributed by atoms with Gasteiger partial charge in [-0.1, -0.05) is 13.0 Å². The summed E-state index contributed by atoms with van der Waals surface area (Å²) in [7, 11) is 3.58. The molecule has 2 aromatic heterocycles. The number of halogens is 1. The zero-order valence-electron chi connectivity index (χ0n) is 20.5. The third-order valence-electron chi connectivity index (χ3n) is 8.28. The summed E-state index contributed by atoms with van der Waals surface area (Å²) in [6, 6.07) is 7.71. The molecule has 0 bridgehead atoms. The Morgan fingerprint density at radius 2 is 2.09 bits per heavy atom. The minimum absolute atomic E-state index is 0.0501. The Morgan fingerprint density at radius 1 is 1.26 bits per heavy atom. The highest BCUT2D eigenvalue weighted by atomic mass is 19.1. The van der Waals surface area contributed by atoms with E-state index in [1.807, 2.05) is 18.3 Å². The van der Waals surface area contributed by atoms with Gasteiger partial charge in [0.2, 0.25) is 0 Å². The van der Waals surface area contributed by atoms with Crippen molar-refractivity contribution in [2.24, 2.45) is 5.92 Å². The van der Waals surface area contributed by atoms with Crippen molar-refractivity contribution in [2.45, 2.75) is 44.7 Å². The summed E-state index contributed by atoms with van der Waals surface area (Å²) in [5, 5.41) is 1.11. The fraction of sp³-hybridized carbons (Fsp3) is 0.429. The van der Waals surface area contributed by atoms with Crippen molar-refractivity contribution >= 4 is 28.3 Å². The average Bonchev–Trinajstić information content (AvgIpc) is 3.18. The fourth-order valence-corrected chi connectivity index (χ4v) is 6.31. The second-order valence-electron chi connectivity index (χ2n) is 10.0. The van der Waals surface area contributed by atoms with E-state index in [4.69, 9.17) is 4.74 Å². The lowest BCUT2D eigenvalue weighted by molar-refractivity contribution is -0.150. The second-order valence-corrected chi connectivity index (χ2v) is 10.0. The molecule has 4 heterocycles. The molecule has 1 N–H and O–H groups in total. The van der Waals surface area contributed by atoms with Crippen LogP contribution in [0.25, 0.3) is 27.7 Å². The second kappa shape index (κ2) is 8.48. The Morgan fingerprint density at radius 3 is 2.80 bits per heavy atom. The Hall–Kier alpha value is -3.19. The van der Waals surface area contributed by atoms with Crippen molar-refractivity contribution in [3.05, 3.63) is 53.6 Å². The number of rotatable bonds is 4. The highest BCUT2D eigenvalue weighted by molar-refractivity contribution is 6.03. The number of aromatic amines is 1. The zero-order valence-corrected chi connectivity index (χ0v) is 20.5. The van der Waals surface area contributed by atoms with Crippen molar-refractivity contribution in [1.29, 1.82) is 0 Å². The number of hydrogen-bond donors (Lipinski definition) is 1. The van der Waals surface area contributed by atoms with E-state index in [0.29, 0.717) is 6.04 Å². The number of ether oxygens (including phenoxy) is 1. The largest absolute Gasteiger partial charge is 0.469 e. The summed E-state index contributed by atoms with van der Waals surface area (Å²) < 4.78 is 19.2. The maximum Gasteiger partial charge on any atom is 0.308 e. The number of anilines is 1. The van der Waals surface area contributed by atoms with Crippen LogP contribution in [0.3, 0.4) is 0 Å². The molecule has 6 rings (SSSR count). The topological polar surface area (TPSA) is 61.5 Å². The number of pyridine rings is 1. The number of methoxy groups -OCH3 is 1. The molecule has 1 fully saturated rings. The van der Waals surface area contributed by atoms with Gasteiger partial charge in [0, 0.05) is 60.3 Å². The van der Waals surface area contributed by atoms with Crippen LogP contribution in [0.5, 0.6) is 0 Å². The van der Waals surface area contributed by atoms with Gasteiger partial charge in [0.25, 0.3) is 0 Å². The molecule has 6 nitrogen and oxygen atoms in total. The van der Waals surface area contributed by atoms with Crippen LogP contribution in [-0.2, 0) is 9.53 Å². The van der Waals surface area contributed by atoms with E-state index in [-0.39, 0.29) is 23.7 Å². The summed E-state index contributed by atoms with van der Waals surface area (Å²) in [5.41, 5.74) is 7.59. The van der Waals surface area contributed by atoms with Crippen molar-refractivity contribution in [3.63, 3.8) is 0 Å². The summed E-state index contributed by atoms with van der Waals surface area (Å²) >= 11 is 0. The maximum atomic E-state index is 14.3. The van der Waals surface area contributed by atoms with Crippen LogP contribution in [0, 0.1) is 11.7 Å². The van der Waals surface area contributed by atoms with E-state index in [0.717, 1.165) is 72.3 Å². The zero-order chi connectivity index (χ0) is 24.3. The van der Waals surface area contributed by atoms with Gasteiger partial charge in [-0.3, -0.25) is 9.69 Å². The van der Waals surface area contributed by atoms with Crippen molar-refractivity contribution in [1.82, 2.24) is 14.9 Å².